The van der Waals surface area contributed by atoms with Crippen molar-refractivity contribution in [2.75, 3.05) is 9.80 Å². The Morgan fingerprint density at radius 2 is 1.26 bits per heavy atom. The molecule has 0 unspecified atom stereocenters. The molecule has 0 radical (unpaired) electrons. The van der Waals surface area contributed by atoms with Crippen molar-refractivity contribution >= 4 is 71.4 Å². The van der Waals surface area contributed by atoms with Crippen molar-refractivity contribution in [3.8, 4) is 28.1 Å². The number of fused-ring (bicyclic) bond motifs is 4. The zero-order valence-corrected chi connectivity index (χ0v) is 45.6. The van der Waals surface area contributed by atoms with Crippen molar-refractivity contribution in [1.82, 2.24) is 14.5 Å². The number of hydrogen-bond acceptors (Lipinski definition) is 7. The SMILES string of the molecule is Cc1ncc(N2[CH-]N(c3c(B4OB(C(C)(C)C)OB(C(C)(C)C)O4)cccc3-c3ccccc3)c3ccccc32)[c-]c1Cc1[c-]c2c(cc1)c1cc(-c3ccccc3)ccc1n2-c1cc(C(C)(C)C)ccn1.[Pt]. The van der Waals surface area contributed by atoms with Gasteiger partial charge in [-0.1, -0.05) is 195 Å². The van der Waals surface area contributed by atoms with E-state index in [9.17, 15) is 0 Å². The molecule has 8 nitrogen and oxygen atoms in total. The fourth-order valence-corrected chi connectivity index (χ4v) is 9.89. The van der Waals surface area contributed by atoms with Gasteiger partial charge in [-0.25, -0.2) is 4.98 Å². The first-order valence-corrected chi connectivity index (χ1v) is 25.1. The summed E-state index contributed by atoms with van der Waals surface area (Å²) in [6, 6.07) is 59.3. The number of benzene rings is 6. The van der Waals surface area contributed by atoms with E-state index in [1.165, 1.54) is 16.7 Å². The summed E-state index contributed by atoms with van der Waals surface area (Å²) in [6.45, 7) is 23.8. The fraction of sp³-hybridized carbons (Fsp3) is 0.230. The third kappa shape index (κ3) is 9.74. The molecular weight excluding hydrogens is 1080 g/mol. The molecule has 0 amide bonds. The molecule has 73 heavy (non-hydrogen) atoms. The molecule has 11 rings (SSSR count). The Bertz CT molecular complexity index is 3460. The van der Waals surface area contributed by atoms with Crippen LogP contribution in [0.5, 0.6) is 0 Å². The normalized spacial score (nSPS) is 14.3. The minimum absolute atomic E-state index is 0. The number of pyridine rings is 2. The maximum Gasteiger partial charge on any atom is 0.468 e. The third-order valence-corrected chi connectivity index (χ3v) is 13.8. The molecule has 0 saturated carbocycles. The van der Waals surface area contributed by atoms with E-state index in [2.05, 4.69) is 248 Å². The average Bonchev–Trinajstić information content (AvgIpc) is 3.92. The van der Waals surface area contributed by atoms with Crippen LogP contribution in [0.1, 0.15) is 84.7 Å². The Kier molecular flexibility index (Phi) is 13.5. The quantitative estimate of drug-likeness (QED) is 0.111. The largest absolute Gasteiger partial charge is 0.492 e. The van der Waals surface area contributed by atoms with Crippen LogP contribution in [0.15, 0.2) is 158 Å². The smallest absolute Gasteiger partial charge is 0.468 e. The van der Waals surface area contributed by atoms with Gasteiger partial charge in [-0.15, -0.1) is 17.6 Å². The van der Waals surface area contributed by atoms with Gasteiger partial charge < -0.3 is 33.1 Å². The second kappa shape index (κ2) is 19.6. The maximum atomic E-state index is 6.83. The topological polar surface area (TPSA) is 64.9 Å². The Hall–Kier alpha value is -6.22. The summed E-state index contributed by atoms with van der Waals surface area (Å²) in [5, 5.41) is 1.68. The zero-order chi connectivity index (χ0) is 50.1. The van der Waals surface area contributed by atoms with Crippen LogP contribution >= 0.6 is 0 Å². The van der Waals surface area contributed by atoms with Crippen molar-refractivity contribution in [3.05, 3.63) is 199 Å². The van der Waals surface area contributed by atoms with Gasteiger partial charge in [0.1, 0.15) is 5.82 Å². The molecule has 368 valence electrons. The van der Waals surface area contributed by atoms with Crippen LogP contribution in [-0.2, 0) is 46.6 Å². The van der Waals surface area contributed by atoms with Gasteiger partial charge in [0, 0.05) is 60.9 Å². The van der Waals surface area contributed by atoms with Crippen molar-refractivity contribution in [3.63, 3.8) is 0 Å². The van der Waals surface area contributed by atoms with E-state index in [1.807, 2.05) is 12.4 Å². The molecular formula is C61H59B3N5O3Pt-3. The first kappa shape index (κ1) is 50.3. The Labute approximate surface area is 446 Å². The van der Waals surface area contributed by atoms with Gasteiger partial charge in [0.15, 0.2) is 0 Å². The van der Waals surface area contributed by atoms with E-state index in [0.29, 0.717) is 6.42 Å². The number of anilines is 4. The first-order chi connectivity index (χ1) is 34.5. The summed E-state index contributed by atoms with van der Waals surface area (Å²) in [6.07, 6.45) is 4.44. The number of nitrogens with zero attached hydrogens (tertiary/aromatic N) is 5. The van der Waals surface area contributed by atoms with Gasteiger partial charge in [0.05, 0.1) is 0 Å². The summed E-state index contributed by atoms with van der Waals surface area (Å²) in [4.78, 5) is 14.5. The molecule has 1 fully saturated rings. The van der Waals surface area contributed by atoms with Gasteiger partial charge in [0.2, 0.25) is 0 Å². The van der Waals surface area contributed by atoms with E-state index in [0.717, 1.165) is 83.8 Å². The Morgan fingerprint density at radius 1 is 0.603 bits per heavy atom. The monoisotopic (exact) mass is 1140 g/mol. The predicted octanol–water partition coefficient (Wildman–Crippen LogP) is 14.4. The van der Waals surface area contributed by atoms with E-state index in [4.69, 9.17) is 23.7 Å². The van der Waals surface area contributed by atoms with Gasteiger partial charge in [0.25, 0.3) is 0 Å². The fourth-order valence-electron chi connectivity index (χ4n) is 9.89. The molecule has 0 atom stereocenters. The zero-order valence-electron chi connectivity index (χ0n) is 43.3. The summed E-state index contributed by atoms with van der Waals surface area (Å²) in [5.41, 5.74) is 15.4. The summed E-state index contributed by atoms with van der Waals surface area (Å²) >= 11 is 0. The van der Waals surface area contributed by atoms with Crippen LogP contribution in [0.4, 0.5) is 22.7 Å². The standard InChI is InChI=1S/C61H59B3N5O3.Pt/c1-41-46(34-42-28-30-50-51-37-45(43-20-13-11-14-21-43)29-31-53(51)69(56(50)35-42)57-38-47(32-33-65-57)59(2,3)4)36-48(39-66-41)67-40-68(55-27-18-17-26-54(55)67)58-49(44-22-15-12-16-23-44)24-19-25-52(58)62-70-63(60(5,6)7)72-64(71-62)61(8,9)10;/h11-33,37-40H,34H2,1-10H3;/q-3;. The van der Waals surface area contributed by atoms with E-state index in [1.54, 1.807) is 0 Å². The van der Waals surface area contributed by atoms with E-state index >= 15 is 0 Å². The van der Waals surface area contributed by atoms with Crippen molar-refractivity contribution < 1.29 is 34.8 Å². The van der Waals surface area contributed by atoms with Crippen molar-refractivity contribution in [2.45, 2.75) is 91.7 Å². The van der Waals surface area contributed by atoms with Crippen LogP contribution in [0, 0.1) is 25.7 Å². The molecule has 0 spiro atoms. The second-order valence-corrected chi connectivity index (χ2v) is 22.4. The number of aryl methyl sites for hydroxylation is 1. The molecule has 0 aliphatic carbocycles. The molecule has 6 aromatic carbocycles. The third-order valence-electron chi connectivity index (χ3n) is 13.8. The number of para-hydroxylation sites is 3. The molecule has 5 heterocycles. The molecule has 2 aliphatic rings. The second-order valence-electron chi connectivity index (χ2n) is 22.4. The molecule has 0 bridgehead atoms. The van der Waals surface area contributed by atoms with Crippen molar-refractivity contribution in [2.24, 2.45) is 0 Å². The van der Waals surface area contributed by atoms with E-state index in [-0.39, 0.29) is 37.1 Å². The van der Waals surface area contributed by atoms with E-state index < -0.39 is 21.4 Å². The average molecular weight is 1140 g/mol. The Morgan fingerprint density at radius 3 is 1.93 bits per heavy atom. The van der Waals surface area contributed by atoms with Gasteiger partial charge in [-0.3, -0.25) is 0 Å². The molecule has 0 N–H and O–H groups in total. The molecule has 1 saturated heterocycles. The van der Waals surface area contributed by atoms with Gasteiger partial charge in [-0.05, 0) is 80.4 Å². The van der Waals surface area contributed by atoms with Crippen LogP contribution in [0.3, 0.4) is 0 Å². The molecule has 9 aromatic rings. The summed E-state index contributed by atoms with van der Waals surface area (Å²) < 4.78 is 22.5. The minimum atomic E-state index is -0.712. The minimum Gasteiger partial charge on any atom is -0.492 e. The first-order valence-electron chi connectivity index (χ1n) is 25.1. The number of hydrogen-bond donors (Lipinski definition) is 0. The van der Waals surface area contributed by atoms with Crippen LogP contribution < -0.4 is 15.3 Å². The predicted molar refractivity (Wildman–Crippen MR) is 299 cm³/mol. The molecule has 2 aliphatic heterocycles. The molecule has 3 aromatic heterocycles. The summed E-state index contributed by atoms with van der Waals surface area (Å²) in [5.74, 6) is 0.873. The van der Waals surface area contributed by atoms with Gasteiger partial charge in [-0.2, -0.15) is 29.8 Å². The number of aromatic nitrogens is 3. The van der Waals surface area contributed by atoms with Crippen LogP contribution in [0.2, 0.25) is 10.6 Å². The van der Waals surface area contributed by atoms with Crippen LogP contribution in [-0.4, -0.2) is 35.9 Å². The maximum absolute atomic E-state index is 6.83. The molecule has 12 heteroatoms. The summed E-state index contributed by atoms with van der Waals surface area (Å²) in [7, 11) is -1.72. The van der Waals surface area contributed by atoms with Crippen LogP contribution in [0.25, 0.3) is 49.9 Å². The van der Waals surface area contributed by atoms with Gasteiger partial charge >= 0.3 is 21.4 Å². The number of rotatable bonds is 8. The van der Waals surface area contributed by atoms with Crippen molar-refractivity contribution in [1.29, 1.82) is 0 Å². The Balaban J connectivity index is 0.00000611.